The Morgan fingerprint density at radius 3 is 2.33 bits per heavy atom. The van der Waals surface area contributed by atoms with E-state index >= 15 is 0 Å². The molecule has 0 spiro atoms. The van der Waals surface area contributed by atoms with E-state index in [2.05, 4.69) is 15.9 Å². The molecule has 0 aliphatic rings. The van der Waals surface area contributed by atoms with Crippen molar-refractivity contribution in [1.29, 1.82) is 0 Å². The highest BCUT2D eigenvalue weighted by molar-refractivity contribution is 9.10. The number of halogens is 4. The number of phenolic OH excluding ortho intramolecular Hbond substituents is 1. The first kappa shape index (κ1) is 12.1. The third-order valence-corrected chi connectivity index (χ3v) is 2.45. The largest absolute Gasteiger partial charge is 0.505 e. The lowest BCUT2D eigenvalue weighted by atomic mass is 10.1. The molecule has 1 atom stereocenters. The Hall–Kier alpha value is -0.950. The van der Waals surface area contributed by atoms with Crippen LogP contribution in [0.2, 0.25) is 0 Å². The summed E-state index contributed by atoms with van der Waals surface area (Å²) in [5, 5.41) is 18.2. The van der Waals surface area contributed by atoms with Crippen molar-refractivity contribution in [2.75, 3.05) is 5.73 Å². The summed E-state index contributed by atoms with van der Waals surface area (Å²) in [6, 6.07) is 2.17. The van der Waals surface area contributed by atoms with E-state index < -0.39 is 29.3 Å². The second kappa shape index (κ2) is 3.90. The van der Waals surface area contributed by atoms with Gasteiger partial charge in [0.05, 0.1) is 10.2 Å². The molecule has 0 aromatic heterocycles. The predicted octanol–water partition coefficient (Wildman–Crippen LogP) is 2.33. The summed E-state index contributed by atoms with van der Waals surface area (Å²) in [5.41, 5.74) is 4.18. The Bertz CT molecular complexity index is 381. The van der Waals surface area contributed by atoms with Gasteiger partial charge in [-0.05, 0) is 22.0 Å². The quantitative estimate of drug-likeness (QED) is 0.548. The minimum atomic E-state index is -4.81. The summed E-state index contributed by atoms with van der Waals surface area (Å²) in [4.78, 5) is 0. The van der Waals surface area contributed by atoms with Gasteiger partial charge in [0.15, 0.2) is 11.9 Å². The van der Waals surface area contributed by atoms with Crippen molar-refractivity contribution in [2.24, 2.45) is 0 Å². The molecular weight excluding hydrogens is 279 g/mol. The van der Waals surface area contributed by atoms with Gasteiger partial charge < -0.3 is 15.9 Å². The number of benzene rings is 1. The van der Waals surface area contributed by atoms with Gasteiger partial charge in [-0.25, -0.2) is 0 Å². The Kier molecular flexibility index (Phi) is 3.15. The monoisotopic (exact) mass is 285 g/mol. The smallest absolute Gasteiger partial charge is 0.418 e. The number of aromatic hydroxyl groups is 1. The molecule has 1 rings (SSSR count). The van der Waals surface area contributed by atoms with Crippen LogP contribution in [0.4, 0.5) is 18.9 Å². The van der Waals surface area contributed by atoms with Gasteiger partial charge in [-0.15, -0.1) is 0 Å². The number of rotatable bonds is 1. The van der Waals surface area contributed by atoms with E-state index in [1.807, 2.05) is 0 Å². The van der Waals surface area contributed by atoms with E-state index in [-0.39, 0.29) is 4.47 Å². The average Bonchev–Trinajstić information content (AvgIpc) is 2.12. The summed E-state index contributed by atoms with van der Waals surface area (Å²) in [6.07, 6.45) is -7.51. The summed E-state index contributed by atoms with van der Waals surface area (Å²) < 4.78 is 36.6. The molecule has 0 radical (unpaired) electrons. The maximum atomic E-state index is 12.1. The van der Waals surface area contributed by atoms with E-state index in [4.69, 9.17) is 10.8 Å². The zero-order valence-electron chi connectivity index (χ0n) is 7.22. The maximum absolute atomic E-state index is 12.1. The van der Waals surface area contributed by atoms with Crippen LogP contribution in [0.5, 0.6) is 5.75 Å². The van der Waals surface area contributed by atoms with Gasteiger partial charge in [0.25, 0.3) is 0 Å². The van der Waals surface area contributed by atoms with E-state index in [1.54, 1.807) is 0 Å². The van der Waals surface area contributed by atoms with Crippen LogP contribution in [0.15, 0.2) is 16.6 Å². The van der Waals surface area contributed by atoms with Crippen LogP contribution in [0.3, 0.4) is 0 Å². The van der Waals surface area contributed by atoms with Crippen LogP contribution in [0, 0.1) is 0 Å². The Morgan fingerprint density at radius 1 is 1.33 bits per heavy atom. The molecular formula is C8H7BrF3NO2. The molecule has 0 aliphatic heterocycles. The Labute approximate surface area is 91.5 Å². The fourth-order valence-electron chi connectivity index (χ4n) is 1.01. The van der Waals surface area contributed by atoms with Gasteiger partial charge in [-0.1, -0.05) is 6.07 Å². The molecule has 0 bridgehead atoms. The minimum absolute atomic E-state index is 0.165. The molecule has 0 saturated heterocycles. The number of nitrogen functional groups attached to an aromatic ring is 1. The second-order valence-corrected chi connectivity index (χ2v) is 3.70. The lowest BCUT2D eigenvalue weighted by Crippen LogP contribution is -2.21. The highest BCUT2D eigenvalue weighted by Gasteiger charge is 2.40. The van der Waals surface area contributed by atoms with Crippen molar-refractivity contribution >= 4 is 21.6 Å². The van der Waals surface area contributed by atoms with Gasteiger partial charge >= 0.3 is 6.18 Å². The second-order valence-electron chi connectivity index (χ2n) is 2.84. The Morgan fingerprint density at radius 2 is 1.87 bits per heavy atom. The molecule has 7 heteroatoms. The van der Waals surface area contributed by atoms with Gasteiger partial charge in [0.2, 0.25) is 0 Å². The van der Waals surface area contributed by atoms with Crippen LogP contribution in [-0.2, 0) is 0 Å². The molecule has 0 fully saturated rings. The van der Waals surface area contributed by atoms with Crippen molar-refractivity contribution in [2.45, 2.75) is 12.3 Å². The molecule has 1 aromatic rings. The van der Waals surface area contributed by atoms with E-state index in [9.17, 15) is 18.3 Å². The van der Waals surface area contributed by atoms with Crippen LogP contribution >= 0.6 is 15.9 Å². The summed E-state index contributed by atoms with van der Waals surface area (Å²) in [7, 11) is 0. The molecule has 4 N–H and O–H groups in total. The normalized spacial score (nSPS) is 13.9. The van der Waals surface area contributed by atoms with Crippen molar-refractivity contribution in [1.82, 2.24) is 0 Å². The number of phenols is 1. The number of hydrogen-bond acceptors (Lipinski definition) is 3. The number of anilines is 1. The number of aliphatic hydroxyl groups is 1. The van der Waals surface area contributed by atoms with Gasteiger partial charge in [0.1, 0.15) is 0 Å². The van der Waals surface area contributed by atoms with Gasteiger partial charge in [-0.2, -0.15) is 13.2 Å². The molecule has 1 unspecified atom stereocenters. The molecule has 84 valence electrons. The van der Waals surface area contributed by atoms with Crippen molar-refractivity contribution < 1.29 is 23.4 Å². The molecule has 0 saturated carbocycles. The minimum Gasteiger partial charge on any atom is -0.505 e. The highest BCUT2D eigenvalue weighted by atomic mass is 79.9. The SMILES string of the molecule is Nc1c(C(O)C(F)(F)F)ccc(Br)c1O. The Balaban J connectivity index is 3.23. The molecule has 1 aromatic carbocycles. The number of alkyl halides is 3. The molecule has 0 aliphatic carbocycles. The zero-order valence-corrected chi connectivity index (χ0v) is 8.80. The van der Waals surface area contributed by atoms with Crippen LogP contribution in [0.1, 0.15) is 11.7 Å². The fraction of sp³-hybridized carbons (Fsp3) is 0.250. The van der Waals surface area contributed by atoms with Crippen molar-refractivity contribution in [3.63, 3.8) is 0 Å². The third-order valence-electron chi connectivity index (χ3n) is 1.81. The lowest BCUT2D eigenvalue weighted by Gasteiger charge is -2.17. The summed E-state index contributed by atoms with van der Waals surface area (Å²) in [6.45, 7) is 0. The lowest BCUT2D eigenvalue weighted by molar-refractivity contribution is -0.206. The van der Waals surface area contributed by atoms with Gasteiger partial charge in [-0.3, -0.25) is 0 Å². The third kappa shape index (κ3) is 2.35. The molecule has 15 heavy (non-hydrogen) atoms. The standard InChI is InChI=1S/C8H7BrF3NO2/c9-4-2-1-3(5(13)6(4)14)7(15)8(10,11)12/h1-2,7,14-15H,13H2. The van der Waals surface area contributed by atoms with Crippen molar-refractivity contribution in [3.05, 3.63) is 22.2 Å². The molecule has 0 amide bonds. The van der Waals surface area contributed by atoms with E-state index in [1.165, 1.54) is 6.07 Å². The van der Waals surface area contributed by atoms with Crippen LogP contribution in [-0.4, -0.2) is 16.4 Å². The van der Waals surface area contributed by atoms with Crippen LogP contribution in [0.25, 0.3) is 0 Å². The van der Waals surface area contributed by atoms with E-state index in [0.717, 1.165) is 6.07 Å². The van der Waals surface area contributed by atoms with Crippen LogP contribution < -0.4 is 5.73 Å². The van der Waals surface area contributed by atoms with E-state index in [0.29, 0.717) is 0 Å². The maximum Gasteiger partial charge on any atom is 0.418 e. The summed E-state index contributed by atoms with van der Waals surface area (Å²) >= 11 is 2.89. The first-order valence-electron chi connectivity index (χ1n) is 3.76. The fourth-order valence-corrected chi connectivity index (χ4v) is 1.36. The van der Waals surface area contributed by atoms with Gasteiger partial charge in [0, 0.05) is 5.56 Å². The average molecular weight is 286 g/mol. The highest BCUT2D eigenvalue weighted by Crippen LogP contribution is 2.40. The number of nitrogens with two attached hydrogens (primary N) is 1. The van der Waals surface area contributed by atoms with Crippen molar-refractivity contribution in [3.8, 4) is 5.75 Å². The first-order chi connectivity index (χ1) is 6.75. The number of hydrogen-bond donors (Lipinski definition) is 3. The topological polar surface area (TPSA) is 66.5 Å². The summed E-state index contributed by atoms with van der Waals surface area (Å²) in [5.74, 6) is -0.518. The number of aliphatic hydroxyl groups excluding tert-OH is 1. The molecule has 0 heterocycles. The first-order valence-corrected chi connectivity index (χ1v) is 4.56. The predicted molar refractivity (Wildman–Crippen MR) is 51.2 cm³/mol. The zero-order chi connectivity index (χ0) is 11.8. The molecule has 3 nitrogen and oxygen atoms in total.